The van der Waals surface area contributed by atoms with Gasteiger partial charge >= 0.3 is 0 Å². The molecule has 0 saturated heterocycles. The number of phenolic OH excluding ortho intramolecular Hbond substituents is 1. The number of aromatic hydroxyl groups is 1. The third-order valence-electron chi connectivity index (χ3n) is 2.91. The highest BCUT2D eigenvalue weighted by molar-refractivity contribution is 9.10. The summed E-state index contributed by atoms with van der Waals surface area (Å²) in [5.41, 5.74) is 1.30. The number of phenols is 1. The molecule has 0 fully saturated rings. The summed E-state index contributed by atoms with van der Waals surface area (Å²) in [5.74, 6) is 0.311. The van der Waals surface area contributed by atoms with Gasteiger partial charge in [-0.2, -0.15) is 4.68 Å². The first-order valence-electron chi connectivity index (χ1n) is 6.28. The second-order valence-electron chi connectivity index (χ2n) is 4.41. The molecule has 0 bridgehead atoms. The summed E-state index contributed by atoms with van der Waals surface area (Å²) in [4.78, 5) is 0. The van der Waals surface area contributed by atoms with Gasteiger partial charge in [-0.25, -0.2) is 4.39 Å². The summed E-state index contributed by atoms with van der Waals surface area (Å²) >= 11 is 4.57. The molecular formula is C14H10BrFN4OS. The summed E-state index contributed by atoms with van der Waals surface area (Å²) in [5, 5.41) is 21.4. The maximum Gasteiger partial charge on any atom is 0.214 e. The van der Waals surface area contributed by atoms with Crippen LogP contribution >= 0.6 is 27.7 Å². The fraction of sp³-hybridized carbons (Fsp3) is 0.0714. The molecule has 112 valence electrons. The largest absolute Gasteiger partial charge is 0.508 e. The van der Waals surface area contributed by atoms with Gasteiger partial charge in [0.05, 0.1) is 5.69 Å². The summed E-state index contributed by atoms with van der Waals surface area (Å²) in [7, 11) is 0. The van der Waals surface area contributed by atoms with Crippen LogP contribution in [0.25, 0.3) is 5.69 Å². The molecule has 0 aliphatic heterocycles. The van der Waals surface area contributed by atoms with Gasteiger partial charge in [-0.3, -0.25) is 0 Å². The van der Waals surface area contributed by atoms with E-state index in [1.807, 2.05) is 0 Å². The minimum Gasteiger partial charge on any atom is -0.508 e. The van der Waals surface area contributed by atoms with Gasteiger partial charge in [0, 0.05) is 10.2 Å². The van der Waals surface area contributed by atoms with Crippen LogP contribution in [0.4, 0.5) is 4.39 Å². The summed E-state index contributed by atoms with van der Waals surface area (Å²) < 4.78 is 16.1. The van der Waals surface area contributed by atoms with E-state index < -0.39 is 0 Å². The first-order chi connectivity index (χ1) is 10.6. The number of nitrogens with zero attached hydrogens (tertiary/aromatic N) is 4. The Kier molecular flexibility index (Phi) is 4.39. The molecular weight excluding hydrogens is 371 g/mol. The van der Waals surface area contributed by atoms with E-state index in [-0.39, 0.29) is 11.6 Å². The number of aromatic nitrogens is 4. The Morgan fingerprint density at radius 1 is 1.18 bits per heavy atom. The molecule has 22 heavy (non-hydrogen) atoms. The maximum atomic E-state index is 13.8. The third-order valence-corrected chi connectivity index (χ3v) is 4.37. The van der Waals surface area contributed by atoms with Crippen LogP contribution in [0.15, 0.2) is 52.1 Å². The summed E-state index contributed by atoms with van der Waals surface area (Å²) in [6.07, 6.45) is 0. The van der Waals surface area contributed by atoms with E-state index in [9.17, 15) is 9.50 Å². The quantitative estimate of drug-likeness (QED) is 0.701. The molecule has 0 aliphatic rings. The lowest BCUT2D eigenvalue weighted by atomic mass is 10.2. The van der Waals surface area contributed by atoms with Crippen molar-refractivity contribution >= 4 is 27.7 Å². The standard InChI is InChI=1S/C14H10BrFN4OS/c15-10-2-1-9(13(16)7-10)8-22-14-17-18-19-20(14)11-3-5-12(21)6-4-11/h1-7,21H,8H2. The monoisotopic (exact) mass is 380 g/mol. The number of thioether (sulfide) groups is 1. The van der Waals surface area contributed by atoms with Crippen LogP contribution in [0.3, 0.4) is 0 Å². The Morgan fingerprint density at radius 3 is 2.68 bits per heavy atom. The van der Waals surface area contributed by atoms with Crippen LogP contribution in [0.5, 0.6) is 5.75 Å². The number of rotatable bonds is 4. The first kappa shape index (κ1) is 15.0. The number of hydrogen-bond acceptors (Lipinski definition) is 5. The molecule has 1 aromatic heterocycles. The van der Waals surface area contributed by atoms with Crippen LogP contribution in [-0.2, 0) is 5.75 Å². The lowest BCUT2D eigenvalue weighted by Gasteiger charge is -2.05. The van der Waals surface area contributed by atoms with Gasteiger partial charge in [0.1, 0.15) is 11.6 Å². The highest BCUT2D eigenvalue weighted by Crippen LogP contribution is 2.25. The zero-order chi connectivity index (χ0) is 15.5. The molecule has 1 heterocycles. The van der Waals surface area contributed by atoms with Gasteiger partial charge in [0.15, 0.2) is 0 Å². The van der Waals surface area contributed by atoms with Crippen molar-refractivity contribution in [2.75, 3.05) is 0 Å². The van der Waals surface area contributed by atoms with E-state index in [2.05, 4.69) is 31.5 Å². The van der Waals surface area contributed by atoms with Crippen LogP contribution in [-0.4, -0.2) is 25.3 Å². The molecule has 2 aromatic carbocycles. The first-order valence-corrected chi connectivity index (χ1v) is 8.06. The van der Waals surface area contributed by atoms with Crippen molar-refractivity contribution in [2.24, 2.45) is 0 Å². The predicted octanol–water partition coefficient (Wildman–Crippen LogP) is 3.56. The Morgan fingerprint density at radius 2 is 1.95 bits per heavy atom. The van der Waals surface area contributed by atoms with E-state index in [0.29, 0.717) is 20.9 Å². The van der Waals surface area contributed by atoms with Crippen LogP contribution in [0.1, 0.15) is 5.56 Å². The van der Waals surface area contributed by atoms with Crippen molar-refractivity contribution in [1.29, 1.82) is 0 Å². The topological polar surface area (TPSA) is 63.8 Å². The Labute approximate surface area is 138 Å². The van der Waals surface area contributed by atoms with Gasteiger partial charge < -0.3 is 5.11 Å². The van der Waals surface area contributed by atoms with Crippen molar-refractivity contribution in [3.8, 4) is 11.4 Å². The predicted molar refractivity (Wildman–Crippen MR) is 84.5 cm³/mol. The van der Waals surface area contributed by atoms with Crippen LogP contribution < -0.4 is 0 Å². The number of halogens is 2. The smallest absolute Gasteiger partial charge is 0.214 e. The Bertz CT molecular complexity index is 794. The molecule has 3 aromatic rings. The number of hydrogen-bond donors (Lipinski definition) is 1. The van der Waals surface area contributed by atoms with Gasteiger partial charge in [0.25, 0.3) is 0 Å². The van der Waals surface area contributed by atoms with Gasteiger partial charge in [-0.1, -0.05) is 33.8 Å². The number of tetrazole rings is 1. The molecule has 0 spiro atoms. The molecule has 0 unspecified atom stereocenters. The molecule has 1 N–H and O–H groups in total. The zero-order valence-electron chi connectivity index (χ0n) is 11.1. The molecule has 3 rings (SSSR count). The SMILES string of the molecule is Oc1ccc(-n2nnnc2SCc2ccc(Br)cc2F)cc1. The maximum absolute atomic E-state index is 13.8. The summed E-state index contributed by atoms with van der Waals surface area (Å²) in [6.45, 7) is 0. The molecule has 0 atom stereocenters. The Balaban J connectivity index is 1.79. The fourth-order valence-corrected chi connectivity index (χ4v) is 3.02. The van der Waals surface area contributed by atoms with Crippen LogP contribution in [0, 0.1) is 5.82 Å². The molecule has 8 heteroatoms. The molecule has 0 amide bonds. The van der Waals surface area contributed by atoms with E-state index in [4.69, 9.17) is 0 Å². The fourth-order valence-electron chi connectivity index (χ4n) is 1.81. The third kappa shape index (κ3) is 3.28. The van der Waals surface area contributed by atoms with Crippen molar-refractivity contribution in [1.82, 2.24) is 20.2 Å². The van der Waals surface area contributed by atoms with Crippen molar-refractivity contribution in [2.45, 2.75) is 10.9 Å². The lowest BCUT2D eigenvalue weighted by molar-refractivity contribution is 0.475. The molecule has 0 saturated carbocycles. The minimum atomic E-state index is -0.273. The van der Waals surface area contributed by atoms with Crippen LogP contribution in [0.2, 0.25) is 0 Å². The van der Waals surface area contributed by atoms with Crippen molar-refractivity contribution in [3.05, 3.63) is 58.3 Å². The molecule has 0 aliphatic carbocycles. The van der Waals surface area contributed by atoms with E-state index in [1.165, 1.54) is 17.8 Å². The van der Waals surface area contributed by atoms with Gasteiger partial charge in [-0.05, 0) is 52.4 Å². The minimum absolute atomic E-state index is 0.169. The van der Waals surface area contributed by atoms with E-state index in [0.717, 1.165) is 5.69 Å². The van der Waals surface area contributed by atoms with E-state index >= 15 is 0 Å². The van der Waals surface area contributed by atoms with Crippen molar-refractivity contribution in [3.63, 3.8) is 0 Å². The zero-order valence-corrected chi connectivity index (χ0v) is 13.6. The average Bonchev–Trinajstić information content (AvgIpc) is 2.95. The second kappa shape index (κ2) is 6.45. The average molecular weight is 381 g/mol. The highest BCUT2D eigenvalue weighted by Gasteiger charge is 2.11. The van der Waals surface area contributed by atoms with Gasteiger partial charge in [-0.15, -0.1) is 5.10 Å². The Hall–Kier alpha value is -1.93. The van der Waals surface area contributed by atoms with E-state index in [1.54, 1.807) is 41.1 Å². The normalized spacial score (nSPS) is 10.8. The van der Waals surface area contributed by atoms with Gasteiger partial charge in [0.2, 0.25) is 5.16 Å². The number of benzene rings is 2. The second-order valence-corrected chi connectivity index (χ2v) is 6.27. The summed E-state index contributed by atoms with van der Waals surface area (Å²) in [6, 6.07) is 11.5. The molecule has 0 radical (unpaired) electrons. The lowest BCUT2D eigenvalue weighted by Crippen LogP contribution is -1.99. The van der Waals surface area contributed by atoms with Crippen molar-refractivity contribution < 1.29 is 9.50 Å². The highest BCUT2D eigenvalue weighted by atomic mass is 79.9. The molecule has 5 nitrogen and oxygen atoms in total.